The average molecular weight is 614 g/mol. The molecule has 44 heavy (non-hydrogen) atoms. The van der Waals surface area contributed by atoms with Gasteiger partial charge in [-0.25, -0.2) is 9.79 Å². The maximum Gasteiger partial charge on any atom is 0.338 e. The van der Waals surface area contributed by atoms with E-state index in [9.17, 15) is 19.7 Å². The van der Waals surface area contributed by atoms with E-state index in [0.717, 1.165) is 5.56 Å². The Hall–Kier alpha value is -5.03. The van der Waals surface area contributed by atoms with E-state index in [1.165, 1.54) is 35.1 Å². The van der Waals surface area contributed by atoms with Gasteiger partial charge in [-0.1, -0.05) is 61.6 Å². The highest BCUT2D eigenvalue weighted by molar-refractivity contribution is 7.07. The minimum absolute atomic E-state index is 0.0473. The number of benzene rings is 3. The molecule has 11 heteroatoms. The molecule has 0 N–H and O–H groups in total. The molecule has 1 aromatic heterocycles. The molecule has 0 saturated heterocycles. The van der Waals surface area contributed by atoms with Crippen LogP contribution in [0, 0.1) is 16.0 Å². The third kappa shape index (κ3) is 6.47. The van der Waals surface area contributed by atoms with Crippen LogP contribution < -0.4 is 24.4 Å². The zero-order valence-electron chi connectivity index (χ0n) is 24.7. The second-order valence-electron chi connectivity index (χ2n) is 10.6. The van der Waals surface area contributed by atoms with E-state index in [-0.39, 0.29) is 29.3 Å². The van der Waals surface area contributed by atoms with E-state index in [2.05, 4.69) is 4.99 Å². The normalized spacial score (nSPS) is 14.7. The van der Waals surface area contributed by atoms with E-state index < -0.39 is 16.9 Å². The summed E-state index contributed by atoms with van der Waals surface area (Å²) in [6.45, 7) is 6.15. The molecule has 10 nitrogen and oxygen atoms in total. The van der Waals surface area contributed by atoms with Crippen molar-refractivity contribution < 1.29 is 23.9 Å². The van der Waals surface area contributed by atoms with Crippen molar-refractivity contribution >= 4 is 29.1 Å². The van der Waals surface area contributed by atoms with Crippen LogP contribution in [-0.4, -0.2) is 29.2 Å². The number of nitrogens with zero attached hydrogens (tertiary/aromatic N) is 3. The lowest BCUT2D eigenvalue weighted by molar-refractivity contribution is -0.384. The standard InChI is InChI=1S/C33H31N3O7S/c1-20(2)18-43-32(38)29-21(3)34-33-35(31(37)28(44-33)16-22-10-13-25(14-11-22)36(39)40)30(29)24-12-15-26(27(17-24)41-4)42-19-23-8-6-5-7-9-23/h5-17,20,30H,18-19H2,1-4H3. The summed E-state index contributed by atoms with van der Waals surface area (Å²) in [5.74, 6) is 0.506. The highest BCUT2D eigenvalue weighted by atomic mass is 32.1. The fraction of sp³-hybridized carbons (Fsp3) is 0.242. The van der Waals surface area contributed by atoms with Crippen LogP contribution in [0.4, 0.5) is 5.69 Å². The molecule has 4 aromatic rings. The van der Waals surface area contributed by atoms with Gasteiger partial charge in [0, 0.05) is 12.1 Å². The third-order valence-corrected chi connectivity index (χ3v) is 7.91. The van der Waals surface area contributed by atoms with Gasteiger partial charge in [0.05, 0.1) is 40.5 Å². The number of fused-ring (bicyclic) bond motifs is 1. The van der Waals surface area contributed by atoms with E-state index in [0.29, 0.717) is 44.3 Å². The SMILES string of the molecule is COc1cc(C2C(C(=O)OCC(C)C)=C(C)N=c3sc(=Cc4ccc([N+](=O)[O-])cc4)c(=O)n32)ccc1OCc1ccccc1. The fourth-order valence-corrected chi connectivity index (χ4v) is 5.82. The Labute approximate surface area is 257 Å². The minimum Gasteiger partial charge on any atom is -0.493 e. The Morgan fingerprint density at radius 3 is 2.48 bits per heavy atom. The molecule has 0 amide bonds. The number of esters is 1. The molecule has 0 bridgehead atoms. The predicted molar refractivity (Wildman–Crippen MR) is 166 cm³/mol. The summed E-state index contributed by atoms with van der Waals surface area (Å²) in [6.07, 6.45) is 1.65. The number of methoxy groups -OCH3 is 1. The van der Waals surface area contributed by atoms with Gasteiger partial charge in [0.2, 0.25) is 0 Å². The van der Waals surface area contributed by atoms with E-state index >= 15 is 0 Å². The molecule has 5 rings (SSSR count). The summed E-state index contributed by atoms with van der Waals surface area (Å²) in [5, 5.41) is 11.1. The van der Waals surface area contributed by atoms with Gasteiger partial charge in [-0.2, -0.15) is 0 Å². The zero-order valence-corrected chi connectivity index (χ0v) is 25.5. The van der Waals surface area contributed by atoms with Crippen molar-refractivity contribution in [1.82, 2.24) is 4.57 Å². The van der Waals surface area contributed by atoms with Gasteiger partial charge in [-0.15, -0.1) is 0 Å². The molecule has 0 aliphatic carbocycles. The number of allylic oxidation sites excluding steroid dienone is 1. The van der Waals surface area contributed by atoms with Crippen LogP contribution in [0.1, 0.15) is 43.5 Å². The van der Waals surface area contributed by atoms with Gasteiger partial charge in [0.1, 0.15) is 6.61 Å². The average Bonchev–Trinajstić information content (AvgIpc) is 3.32. The van der Waals surface area contributed by atoms with Crippen LogP contribution in [0.2, 0.25) is 0 Å². The molecule has 0 fully saturated rings. The minimum atomic E-state index is -0.845. The lowest BCUT2D eigenvalue weighted by atomic mass is 9.95. The van der Waals surface area contributed by atoms with Crippen molar-refractivity contribution in [2.24, 2.45) is 10.9 Å². The van der Waals surface area contributed by atoms with Gasteiger partial charge in [-0.05, 0) is 59.9 Å². The Balaban J connectivity index is 1.60. The predicted octanol–water partition coefficient (Wildman–Crippen LogP) is 4.93. The molecule has 0 radical (unpaired) electrons. The molecule has 1 unspecified atom stereocenters. The van der Waals surface area contributed by atoms with Crippen LogP contribution in [0.25, 0.3) is 6.08 Å². The van der Waals surface area contributed by atoms with Crippen LogP contribution in [0.15, 0.2) is 93.9 Å². The Morgan fingerprint density at radius 1 is 1.09 bits per heavy atom. The van der Waals surface area contributed by atoms with E-state index in [1.54, 1.807) is 43.3 Å². The number of ether oxygens (including phenoxy) is 3. The maximum absolute atomic E-state index is 13.9. The zero-order chi connectivity index (χ0) is 31.4. The monoisotopic (exact) mass is 613 g/mol. The molecule has 0 saturated carbocycles. The van der Waals surface area contributed by atoms with Crippen LogP contribution in [0.3, 0.4) is 0 Å². The van der Waals surface area contributed by atoms with Gasteiger partial charge in [0.25, 0.3) is 11.2 Å². The number of aromatic nitrogens is 1. The second-order valence-corrected chi connectivity index (χ2v) is 11.6. The first kappa shape index (κ1) is 30.4. The number of thiazole rings is 1. The summed E-state index contributed by atoms with van der Waals surface area (Å²) < 4.78 is 19.2. The van der Waals surface area contributed by atoms with E-state index in [1.807, 2.05) is 44.2 Å². The summed E-state index contributed by atoms with van der Waals surface area (Å²) in [4.78, 5) is 43.1. The number of carbonyl (C=O) groups excluding carboxylic acids is 1. The topological polar surface area (TPSA) is 122 Å². The van der Waals surface area contributed by atoms with Crippen molar-refractivity contribution in [3.8, 4) is 11.5 Å². The number of non-ortho nitro benzene ring substituents is 1. The number of nitro groups is 1. The summed E-state index contributed by atoms with van der Waals surface area (Å²) >= 11 is 1.17. The molecule has 3 aromatic carbocycles. The smallest absolute Gasteiger partial charge is 0.338 e. The lowest BCUT2D eigenvalue weighted by Crippen LogP contribution is -2.40. The first-order chi connectivity index (χ1) is 21.2. The maximum atomic E-state index is 13.9. The van der Waals surface area contributed by atoms with E-state index in [4.69, 9.17) is 14.2 Å². The summed E-state index contributed by atoms with van der Waals surface area (Å²) in [5.41, 5.74) is 2.51. The highest BCUT2D eigenvalue weighted by Crippen LogP contribution is 2.36. The van der Waals surface area contributed by atoms with Gasteiger partial charge >= 0.3 is 5.97 Å². The third-order valence-electron chi connectivity index (χ3n) is 6.93. The first-order valence-corrected chi connectivity index (χ1v) is 14.8. The Morgan fingerprint density at radius 2 is 1.82 bits per heavy atom. The number of hydrogen-bond acceptors (Lipinski definition) is 9. The second kappa shape index (κ2) is 13.1. The molecular formula is C33H31N3O7S. The van der Waals surface area contributed by atoms with Crippen molar-refractivity contribution in [2.75, 3.05) is 13.7 Å². The van der Waals surface area contributed by atoms with Crippen LogP contribution in [0.5, 0.6) is 11.5 Å². The summed E-state index contributed by atoms with van der Waals surface area (Å²) in [7, 11) is 1.53. The van der Waals surface area contributed by atoms with Crippen LogP contribution >= 0.6 is 11.3 Å². The quantitative estimate of drug-likeness (QED) is 0.141. The largest absolute Gasteiger partial charge is 0.493 e. The molecular weight excluding hydrogens is 582 g/mol. The fourth-order valence-electron chi connectivity index (χ4n) is 4.77. The van der Waals surface area contributed by atoms with Gasteiger partial charge in [-0.3, -0.25) is 19.5 Å². The lowest BCUT2D eigenvalue weighted by Gasteiger charge is -2.25. The Kier molecular flexibility index (Phi) is 9.05. The molecule has 1 aliphatic rings. The highest BCUT2D eigenvalue weighted by Gasteiger charge is 2.34. The van der Waals surface area contributed by atoms with Crippen molar-refractivity contribution in [2.45, 2.75) is 33.4 Å². The first-order valence-electron chi connectivity index (χ1n) is 13.9. The number of hydrogen-bond donors (Lipinski definition) is 0. The van der Waals surface area contributed by atoms with Crippen molar-refractivity contribution in [3.63, 3.8) is 0 Å². The number of carbonyl (C=O) groups is 1. The molecule has 1 aliphatic heterocycles. The van der Waals surface area contributed by atoms with Gasteiger partial charge in [0.15, 0.2) is 16.3 Å². The van der Waals surface area contributed by atoms with Crippen LogP contribution in [-0.2, 0) is 16.1 Å². The van der Waals surface area contributed by atoms with Crippen molar-refractivity contribution in [3.05, 3.63) is 131 Å². The number of rotatable bonds is 10. The van der Waals surface area contributed by atoms with Gasteiger partial charge < -0.3 is 14.2 Å². The van der Waals surface area contributed by atoms with Crippen molar-refractivity contribution in [1.29, 1.82) is 0 Å². The number of nitro benzene ring substituents is 1. The Bertz CT molecular complexity index is 1910. The molecule has 0 spiro atoms. The molecule has 2 heterocycles. The molecule has 226 valence electrons. The summed E-state index contributed by atoms with van der Waals surface area (Å²) in [6, 6.07) is 20.1. The molecule has 1 atom stereocenters.